The van der Waals surface area contributed by atoms with Crippen LogP contribution < -0.4 is 4.74 Å². The van der Waals surface area contributed by atoms with Crippen LogP contribution in [0.1, 0.15) is 48.4 Å². The third-order valence-corrected chi connectivity index (χ3v) is 5.64. The van der Waals surface area contributed by atoms with Gasteiger partial charge in [-0.15, -0.1) is 11.3 Å². The van der Waals surface area contributed by atoms with Crippen molar-refractivity contribution in [2.75, 3.05) is 19.7 Å². The summed E-state index contributed by atoms with van der Waals surface area (Å²) in [6, 6.07) is 8.29. The lowest BCUT2D eigenvalue weighted by Gasteiger charge is -2.23. The van der Waals surface area contributed by atoms with E-state index in [-0.39, 0.29) is 5.91 Å². The number of carbonyl (C=O) groups excluding carboxylic acids is 1. The van der Waals surface area contributed by atoms with Gasteiger partial charge in [0.15, 0.2) is 0 Å². The van der Waals surface area contributed by atoms with E-state index in [4.69, 9.17) is 4.74 Å². The fraction of sp³-hybridized carbons (Fsp3) is 0.524. The predicted octanol–water partition coefficient (Wildman–Crippen LogP) is 4.41. The Morgan fingerprint density at radius 1 is 1.15 bits per heavy atom. The van der Waals surface area contributed by atoms with E-state index in [0.29, 0.717) is 19.6 Å². The summed E-state index contributed by atoms with van der Waals surface area (Å²) in [6.07, 6.45) is 7.38. The van der Waals surface area contributed by atoms with Crippen LogP contribution in [-0.4, -0.2) is 35.5 Å². The van der Waals surface area contributed by atoms with E-state index in [9.17, 15) is 4.79 Å². The Hall–Kier alpha value is -1.88. The molecule has 0 saturated heterocycles. The summed E-state index contributed by atoms with van der Waals surface area (Å²) >= 11 is 1.60. The molecule has 5 heteroatoms. The van der Waals surface area contributed by atoms with Gasteiger partial charge >= 0.3 is 0 Å². The van der Waals surface area contributed by atoms with E-state index in [1.165, 1.54) is 31.2 Å². The van der Waals surface area contributed by atoms with Crippen LogP contribution in [0, 0.1) is 6.92 Å². The molecular formula is C21H28N2O2S. The van der Waals surface area contributed by atoms with Crippen molar-refractivity contribution < 1.29 is 9.53 Å². The first-order chi connectivity index (χ1) is 12.7. The van der Waals surface area contributed by atoms with Gasteiger partial charge < -0.3 is 9.64 Å². The Morgan fingerprint density at radius 2 is 1.96 bits per heavy atom. The molecule has 1 aliphatic rings. The molecule has 0 bridgehead atoms. The highest BCUT2D eigenvalue weighted by Crippen LogP contribution is 2.21. The fourth-order valence-corrected chi connectivity index (χ4v) is 4.00. The highest BCUT2D eigenvalue weighted by atomic mass is 32.1. The minimum absolute atomic E-state index is 0.155. The molecule has 2 heterocycles. The zero-order valence-corrected chi connectivity index (χ0v) is 16.4. The maximum Gasteiger partial charge on any atom is 0.228 e. The van der Waals surface area contributed by atoms with Gasteiger partial charge in [0.05, 0.1) is 23.7 Å². The van der Waals surface area contributed by atoms with Crippen molar-refractivity contribution in [3.05, 3.63) is 45.9 Å². The number of fused-ring (bicyclic) bond motifs is 1. The van der Waals surface area contributed by atoms with Gasteiger partial charge in [-0.3, -0.25) is 4.79 Å². The average Bonchev–Trinajstić information content (AvgIpc) is 3.05. The Labute approximate surface area is 160 Å². The number of thiazole rings is 1. The molecule has 0 atom stereocenters. The van der Waals surface area contributed by atoms with Crippen LogP contribution in [0.15, 0.2) is 29.6 Å². The van der Waals surface area contributed by atoms with Gasteiger partial charge in [0.25, 0.3) is 0 Å². The highest BCUT2D eigenvalue weighted by Gasteiger charge is 2.16. The highest BCUT2D eigenvalue weighted by molar-refractivity contribution is 7.09. The van der Waals surface area contributed by atoms with Crippen LogP contribution in [0.3, 0.4) is 0 Å². The standard InChI is InChI=1S/C21H28N2O2S/c1-17-22-19(16-26-17)15-21(24)23-12-8-4-2-3-5-9-18-10-6-7-11-20(18)25-14-13-23/h6-7,10-11,16H,2-5,8-9,12-15H2,1H3. The summed E-state index contributed by atoms with van der Waals surface area (Å²) in [6.45, 7) is 3.96. The van der Waals surface area contributed by atoms with E-state index in [1.54, 1.807) is 11.3 Å². The minimum Gasteiger partial charge on any atom is -0.491 e. The van der Waals surface area contributed by atoms with Crippen LogP contribution in [0.4, 0.5) is 0 Å². The summed E-state index contributed by atoms with van der Waals surface area (Å²) in [5.41, 5.74) is 2.16. The van der Waals surface area contributed by atoms with Gasteiger partial charge in [-0.05, 0) is 37.8 Å². The summed E-state index contributed by atoms with van der Waals surface area (Å²) in [7, 11) is 0. The number of hydrogen-bond acceptors (Lipinski definition) is 4. The number of amides is 1. The summed E-state index contributed by atoms with van der Waals surface area (Å²) < 4.78 is 6.03. The maximum absolute atomic E-state index is 12.7. The SMILES string of the molecule is Cc1nc(CC(=O)N2CCCCCCCc3ccccc3OCC2)cs1. The van der Waals surface area contributed by atoms with Crippen molar-refractivity contribution in [2.45, 2.75) is 51.9 Å². The predicted molar refractivity (Wildman–Crippen MR) is 106 cm³/mol. The van der Waals surface area contributed by atoms with Crippen LogP contribution >= 0.6 is 11.3 Å². The smallest absolute Gasteiger partial charge is 0.228 e. The summed E-state index contributed by atoms with van der Waals surface area (Å²) in [5.74, 6) is 1.12. The lowest BCUT2D eigenvalue weighted by atomic mass is 10.0. The van der Waals surface area contributed by atoms with Crippen LogP contribution in [0.2, 0.25) is 0 Å². The van der Waals surface area contributed by atoms with E-state index in [2.05, 4.69) is 17.1 Å². The monoisotopic (exact) mass is 372 g/mol. The topological polar surface area (TPSA) is 42.4 Å². The molecule has 140 valence electrons. The lowest BCUT2D eigenvalue weighted by molar-refractivity contribution is -0.131. The molecular weight excluding hydrogens is 344 g/mol. The third kappa shape index (κ3) is 5.56. The maximum atomic E-state index is 12.7. The van der Waals surface area contributed by atoms with Crippen molar-refractivity contribution in [3.8, 4) is 5.75 Å². The van der Waals surface area contributed by atoms with Crippen molar-refractivity contribution in [1.82, 2.24) is 9.88 Å². The Morgan fingerprint density at radius 3 is 2.81 bits per heavy atom. The number of hydrogen-bond donors (Lipinski definition) is 0. The van der Waals surface area contributed by atoms with E-state index >= 15 is 0 Å². The second-order valence-corrected chi connectivity index (χ2v) is 7.95. The first-order valence-corrected chi connectivity index (χ1v) is 10.5. The fourth-order valence-electron chi connectivity index (χ4n) is 3.38. The van der Waals surface area contributed by atoms with E-state index in [1.807, 2.05) is 29.3 Å². The van der Waals surface area contributed by atoms with Gasteiger partial charge in [0.2, 0.25) is 5.91 Å². The first kappa shape index (κ1) is 18.9. The van der Waals surface area contributed by atoms with Gasteiger partial charge in [-0.2, -0.15) is 0 Å². The van der Waals surface area contributed by atoms with Crippen LogP contribution in [-0.2, 0) is 17.6 Å². The Bertz CT molecular complexity index is 714. The number of rotatable bonds is 2. The zero-order chi connectivity index (χ0) is 18.2. The number of para-hydroxylation sites is 1. The number of benzene rings is 1. The van der Waals surface area contributed by atoms with Crippen molar-refractivity contribution in [2.24, 2.45) is 0 Å². The molecule has 0 spiro atoms. The largest absolute Gasteiger partial charge is 0.491 e. The third-order valence-electron chi connectivity index (χ3n) is 4.82. The molecule has 0 N–H and O–H groups in total. The average molecular weight is 373 g/mol. The second kappa shape index (κ2) is 9.72. The van der Waals surface area contributed by atoms with Crippen molar-refractivity contribution in [1.29, 1.82) is 0 Å². The molecule has 1 aromatic heterocycles. The summed E-state index contributed by atoms with van der Waals surface area (Å²) in [5, 5.41) is 3.00. The molecule has 0 fully saturated rings. The molecule has 0 radical (unpaired) electrons. The molecule has 2 aromatic rings. The quantitative estimate of drug-likeness (QED) is 0.784. The molecule has 1 aromatic carbocycles. The number of aromatic nitrogens is 1. The summed E-state index contributed by atoms with van der Waals surface area (Å²) in [4.78, 5) is 19.1. The molecule has 1 aliphatic heterocycles. The van der Waals surface area contributed by atoms with Crippen LogP contribution in [0.25, 0.3) is 0 Å². The van der Waals surface area contributed by atoms with E-state index < -0.39 is 0 Å². The number of ether oxygens (including phenoxy) is 1. The molecule has 3 rings (SSSR count). The molecule has 0 aliphatic carbocycles. The van der Waals surface area contributed by atoms with Gasteiger partial charge in [-0.25, -0.2) is 4.98 Å². The normalized spacial score (nSPS) is 16.6. The number of carbonyl (C=O) groups is 1. The van der Waals surface area contributed by atoms with Crippen LogP contribution in [0.5, 0.6) is 5.75 Å². The zero-order valence-electron chi connectivity index (χ0n) is 15.6. The second-order valence-electron chi connectivity index (χ2n) is 6.89. The van der Waals surface area contributed by atoms with Gasteiger partial charge in [-0.1, -0.05) is 37.5 Å². The van der Waals surface area contributed by atoms with E-state index in [0.717, 1.165) is 35.8 Å². The number of aryl methyl sites for hydroxylation is 2. The Kier molecular flexibility index (Phi) is 7.06. The molecule has 0 saturated carbocycles. The minimum atomic E-state index is 0.155. The first-order valence-electron chi connectivity index (χ1n) is 9.62. The Balaban J connectivity index is 1.64. The number of nitrogens with zero attached hydrogens (tertiary/aromatic N) is 2. The lowest BCUT2D eigenvalue weighted by Crippen LogP contribution is -2.36. The van der Waals surface area contributed by atoms with Crippen molar-refractivity contribution >= 4 is 17.2 Å². The molecule has 26 heavy (non-hydrogen) atoms. The van der Waals surface area contributed by atoms with Gasteiger partial charge in [0.1, 0.15) is 12.4 Å². The molecule has 1 amide bonds. The van der Waals surface area contributed by atoms with Gasteiger partial charge in [0, 0.05) is 11.9 Å². The van der Waals surface area contributed by atoms with Crippen molar-refractivity contribution in [3.63, 3.8) is 0 Å². The molecule has 4 nitrogen and oxygen atoms in total. The molecule has 0 unspecified atom stereocenters.